The van der Waals surface area contributed by atoms with Crippen LogP contribution in [0.25, 0.3) is 0 Å². The molecule has 2 atom stereocenters. The lowest BCUT2D eigenvalue weighted by Crippen LogP contribution is -2.51. The molecular weight excluding hydrogens is 262 g/mol. The van der Waals surface area contributed by atoms with Gasteiger partial charge in [0, 0.05) is 24.9 Å². The Balaban J connectivity index is 2.01. The van der Waals surface area contributed by atoms with Crippen molar-refractivity contribution >= 4 is 17.7 Å². The molecule has 0 amide bonds. The minimum atomic E-state index is -0.720. The summed E-state index contributed by atoms with van der Waals surface area (Å²) >= 11 is 1.96. The van der Waals surface area contributed by atoms with Crippen molar-refractivity contribution in [2.45, 2.75) is 44.8 Å². The van der Waals surface area contributed by atoms with E-state index in [1.165, 1.54) is 5.75 Å². The summed E-state index contributed by atoms with van der Waals surface area (Å²) in [5.74, 6) is 2.03. The van der Waals surface area contributed by atoms with Gasteiger partial charge in [0.15, 0.2) is 0 Å². The van der Waals surface area contributed by atoms with E-state index in [9.17, 15) is 4.79 Å². The van der Waals surface area contributed by atoms with Gasteiger partial charge in [-0.2, -0.15) is 11.8 Å². The summed E-state index contributed by atoms with van der Waals surface area (Å²) in [5, 5.41) is 9.11. The molecule has 19 heavy (non-hydrogen) atoms. The van der Waals surface area contributed by atoms with Crippen molar-refractivity contribution in [1.82, 2.24) is 4.90 Å². The molecule has 0 aromatic carbocycles. The van der Waals surface area contributed by atoms with E-state index in [-0.39, 0.29) is 12.1 Å². The molecule has 1 spiro atoms. The molecule has 2 saturated heterocycles. The molecule has 0 saturated carbocycles. The highest BCUT2D eigenvalue weighted by Gasteiger charge is 2.42. The number of carboxylic acid groups (broad SMARTS) is 1. The smallest absolute Gasteiger partial charge is 0.317 e. The van der Waals surface area contributed by atoms with Crippen molar-refractivity contribution in [3.05, 3.63) is 0 Å². The molecule has 2 aliphatic rings. The summed E-state index contributed by atoms with van der Waals surface area (Å²) in [6.07, 6.45) is 3.09. The fourth-order valence-electron chi connectivity index (χ4n) is 3.16. The van der Waals surface area contributed by atoms with Crippen LogP contribution in [0, 0.1) is 5.92 Å². The van der Waals surface area contributed by atoms with E-state index in [1.807, 2.05) is 11.8 Å². The van der Waals surface area contributed by atoms with Gasteiger partial charge in [-0.15, -0.1) is 0 Å². The molecule has 2 rings (SSSR count). The van der Waals surface area contributed by atoms with Crippen molar-refractivity contribution in [3.8, 4) is 0 Å². The van der Waals surface area contributed by atoms with E-state index >= 15 is 0 Å². The normalized spacial score (nSPS) is 31.5. The first-order chi connectivity index (χ1) is 9.01. The van der Waals surface area contributed by atoms with Crippen LogP contribution in [0.5, 0.6) is 0 Å². The molecule has 2 fully saturated rings. The fraction of sp³-hybridized carbons (Fsp3) is 0.929. The minimum absolute atomic E-state index is 0.0291. The van der Waals surface area contributed by atoms with Gasteiger partial charge in [0.2, 0.25) is 0 Å². The molecule has 0 aromatic rings. The van der Waals surface area contributed by atoms with Gasteiger partial charge in [-0.1, -0.05) is 13.8 Å². The fourth-order valence-corrected chi connectivity index (χ4v) is 4.54. The highest BCUT2D eigenvalue weighted by molar-refractivity contribution is 7.99. The SMILES string of the molecule is CC(C)CN(CC(=O)O)C1CCOC2(CCSC2)C1. The molecule has 0 radical (unpaired) electrons. The van der Waals surface area contributed by atoms with Gasteiger partial charge in [-0.3, -0.25) is 9.69 Å². The maximum absolute atomic E-state index is 11.1. The predicted octanol–water partition coefficient (Wildman–Crippen LogP) is 2.08. The molecule has 2 unspecified atom stereocenters. The monoisotopic (exact) mass is 287 g/mol. The van der Waals surface area contributed by atoms with Crippen LogP contribution in [0.2, 0.25) is 0 Å². The van der Waals surface area contributed by atoms with Gasteiger partial charge in [-0.05, 0) is 30.9 Å². The standard InChI is InChI=1S/C14H25NO3S/c1-11(2)8-15(9-13(16)17)12-3-5-18-14(7-12)4-6-19-10-14/h11-12H,3-10H2,1-2H3,(H,16,17). The number of nitrogens with zero attached hydrogens (tertiary/aromatic N) is 1. The van der Waals surface area contributed by atoms with Crippen LogP contribution in [-0.4, -0.2) is 58.8 Å². The van der Waals surface area contributed by atoms with Gasteiger partial charge < -0.3 is 9.84 Å². The second-order valence-electron chi connectivity index (χ2n) is 6.20. The summed E-state index contributed by atoms with van der Waals surface area (Å²) in [5.41, 5.74) is 0.0291. The summed E-state index contributed by atoms with van der Waals surface area (Å²) in [6.45, 7) is 6.09. The number of ether oxygens (including phenoxy) is 1. The molecule has 110 valence electrons. The Kier molecular flexibility index (Phi) is 5.15. The van der Waals surface area contributed by atoms with Gasteiger partial charge in [-0.25, -0.2) is 0 Å². The van der Waals surface area contributed by atoms with Gasteiger partial charge in [0.25, 0.3) is 0 Å². The number of thioether (sulfide) groups is 1. The van der Waals surface area contributed by atoms with E-state index < -0.39 is 5.97 Å². The molecule has 0 aromatic heterocycles. The zero-order valence-corrected chi connectivity index (χ0v) is 12.7. The van der Waals surface area contributed by atoms with Crippen LogP contribution >= 0.6 is 11.8 Å². The zero-order chi connectivity index (χ0) is 13.9. The summed E-state index contributed by atoms with van der Waals surface area (Å²) in [6, 6.07) is 0.367. The highest BCUT2D eigenvalue weighted by atomic mass is 32.2. The highest BCUT2D eigenvalue weighted by Crippen LogP contribution is 2.39. The van der Waals surface area contributed by atoms with Gasteiger partial charge >= 0.3 is 5.97 Å². The van der Waals surface area contributed by atoms with Crippen LogP contribution in [0.4, 0.5) is 0 Å². The van der Waals surface area contributed by atoms with E-state index in [0.29, 0.717) is 12.0 Å². The zero-order valence-electron chi connectivity index (χ0n) is 11.9. The molecule has 1 N–H and O–H groups in total. The van der Waals surface area contributed by atoms with Crippen molar-refractivity contribution in [2.75, 3.05) is 31.2 Å². The number of aliphatic carboxylic acids is 1. The lowest BCUT2D eigenvalue weighted by molar-refractivity contribution is -0.141. The average Bonchev–Trinajstić information content (AvgIpc) is 2.75. The van der Waals surface area contributed by atoms with Gasteiger partial charge in [0.1, 0.15) is 0 Å². The maximum Gasteiger partial charge on any atom is 0.317 e. The molecule has 0 aliphatic carbocycles. The Morgan fingerprint density at radius 1 is 1.58 bits per heavy atom. The third-order valence-electron chi connectivity index (χ3n) is 3.99. The third kappa shape index (κ3) is 4.10. The summed E-state index contributed by atoms with van der Waals surface area (Å²) in [4.78, 5) is 13.2. The first-order valence-electron chi connectivity index (χ1n) is 7.18. The van der Waals surface area contributed by atoms with E-state index in [0.717, 1.165) is 38.2 Å². The number of hydrogen-bond acceptors (Lipinski definition) is 4. The lowest BCUT2D eigenvalue weighted by atomic mass is 9.88. The second-order valence-corrected chi connectivity index (χ2v) is 7.30. The second kappa shape index (κ2) is 6.46. The van der Waals surface area contributed by atoms with E-state index in [1.54, 1.807) is 0 Å². The maximum atomic E-state index is 11.1. The van der Waals surface area contributed by atoms with Crippen LogP contribution < -0.4 is 0 Å². The predicted molar refractivity (Wildman–Crippen MR) is 77.7 cm³/mol. The number of carbonyl (C=O) groups is 1. The van der Waals surface area contributed by atoms with Crippen molar-refractivity contribution < 1.29 is 14.6 Å². The quantitative estimate of drug-likeness (QED) is 0.839. The van der Waals surface area contributed by atoms with Crippen LogP contribution in [0.3, 0.4) is 0 Å². The van der Waals surface area contributed by atoms with Crippen LogP contribution in [0.1, 0.15) is 33.1 Å². The third-order valence-corrected chi connectivity index (χ3v) is 5.21. The Labute approximate surface area is 119 Å². The van der Waals surface area contributed by atoms with Gasteiger partial charge in [0.05, 0.1) is 12.1 Å². The average molecular weight is 287 g/mol. The molecule has 4 nitrogen and oxygen atoms in total. The Bertz CT molecular complexity index is 316. The largest absolute Gasteiger partial charge is 0.480 e. The van der Waals surface area contributed by atoms with E-state index in [2.05, 4.69) is 18.7 Å². The number of carboxylic acids is 1. The number of hydrogen-bond donors (Lipinski definition) is 1. The Hall–Kier alpha value is -0.260. The molecule has 5 heteroatoms. The molecule has 0 bridgehead atoms. The van der Waals surface area contributed by atoms with Crippen LogP contribution in [0.15, 0.2) is 0 Å². The van der Waals surface area contributed by atoms with Crippen molar-refractivity contribution in [3.63, 3.8) is 0 Å². The van der Waals surface area contributed by atoms with Crippen molar-refractivity contribution in [1.29, 1.82) is 0 Å². The van der Waals surface area contributed by atoms with Crippen molar-refractivity contribution in [2.24, 2.45) is 5.92 Å². The Morgan fingerprint density at radius 2 is 2.37 bits per heavy atom. The summed E-state index contributed by atoms with van der Waals surface area (Å²) < 4.78 is 6.02. The first kappa shape index (κ1) is 15.1. The first-order valence-corrected chi connectivity index (χ1v) is 8.34. The minimum Gasteiger partial charge on any atom is -0.480 e. The topological polar surface area (TPSA) is 49.8 Å². The Morgan fingerprint density at radius 3 is 2.95 bits per heavy atom. The van der Waals surface area contributed by atoms with Crippen LogP contribution in [-0.2, 0) is 9.53 Å². The summed E-state index contributed by atoms with van der Waals surface area (Å²) in [7, 11) is 0. The molecule has 2 heterocycles. The van der Waals surface area contributed by atoms with E-state index in [4.69, 9.17) is 9.84 Å². The molecule has 2 aliphatic heterocycles. The lowest BCUT2D eigenvalue weighted by Gasteiger charge is -2.42. The number of rotatable bonds is 5. The molecular formula is C14H25NO3S.